The molecule has 131 heavy (non-hydrogen) atoms. The number of halogens is 21. The summed E-state index contributed by atoms with van der Waals surface area (Å²) in [6, 6.07) is 47.8. The van der Waals surface area contributed by atoms with E-state index in [1.54, 1.807) is 92.7 Å². The largest absolute Gasteiger partial charge is 0.229 e. The normalized spacial score (nSPS) is 13.9. The predicted molar refractivity (Wildman–Crippen MR) is 554 cm³/mol. The highest BCUT2D eigenvalue weighted by molar-refractivity contribution is 9.27. The first-order valence-electron chi connectivity index (χ1n) is 35.6. The zero-order valence-electron chi connectivity index (χ0n) is 67.8. The minimum atomic E-state index is -3.80. The lowest BCUT2D eigenvalue weighted by Crippen LogP contribution is -2.33. The second-order valence-corrected chi connectivity index (χ2v) is 73.1. The van der Waals surface area contributed by atoms with Crippen molar-refractivity contribution in [1.29, 1.82) is 47.4 Å². The van der Waals surface area contributed by atoms with Crippen molar-refractivity contribution in [2.45, 2.75) is 153 Å². The van der Waals surface area contributed by atoms with Crippen LogP contribution in [-0.4, -0.2) is 183 Å². The molecule has 724 valence electrons. The topological polar surface area (TPSA) is 521 Å². The van der Waals surface area contributed by atoms with Crippen LogP contribution in [0.5, 0.6) is 0 Å². The fourth-order valence-electron chi connectivity index (χ4n) is 9.60. The quantitative estimate of drug-likeness (QED) is 0.0441. The summed E-state index contributed by atoms with van der Waals surface area (Å²) in [5.74, 6) is -3.78. The van der Waals surface area contributed by atoms with Gasteiger partial charge < -0.3 is 0 Å². The van der Waals surface area contributed by atoms with Crippen molar-refractivity contribution in [3.8, 4) is 54.6 Å². The van der Waals surface area contributed by atoms with Crippen molar-refractivity contribution in [3.63, 3.8) is 0 Å². The first-order valence-corrected chi connectivity index (χ1v) is 63.3. The van der Waals surface area contributed by atoms with Gasteiger partial charge in [0, 0.05) is 11.3 Å². The van der Waals surface area contributed by atoms with Crippen LogP contribution in [0.25, 0.3) is 0 Å². The van der Waals surface area contributed by atoms with Gasteiger partial charge in [-0.1, -0.05) is 391 Å². The van der Waals surface area contributed by atoms with E-state index in [-0.39, 0.29) is 79.7 Å². The molecule has 0 bridgehead atoms. The highest BCUT2D eigenvalue weighted by Gasteiger charge is 2.41. The lowest BCUT2D eigenvalue weighted by Gasteiger charge is -2.23. The van der Waals surface area contributed by atoms with Crippen LogP contribution in [-0.2, 0) is 94.3 Å². The molecule has 0 heterocycles. The number of sulfone groups is 9. The van der Waals surface area contributed by atoms with Crippen LogP contribution in [0, 0.1) is 109 Å². The molecule has 0 saturated heterocycles. The van der Waals surface area contributed by atoms with Crippen LogP contribution in [0.1, 0.15) is 82.8 Å². The Balaban J connectivity index is 0. The predicted octanol–water partition coefficient (Wildman–Crippen LogP) is 21.5. The molecule has 2 saturated carbocycles. The van der Waals surface area contributed by atoms with E-state index < -0.39 is 150 Å². The highest BCUT2D eigenvalue weighted by atomic mass is 79.9. The molecule has 7 rings (SSSR count). The smallest absolute Gasteiger partial charge is 0.217 e. The maximum absolute atomic E-state index is 11.8. The Morgan fingerprint density at radius 2 is 0.641 bits per heavy atom. The van der Waals surface area contributed by atoms with Crippen LogP contribution < -0.4 is 0 Å². The van der Waals surface area contributed by atoms with Crippen LogP contribution >= 0.6 is 287 Å². The lowest BCUT2D eigenvalue weighted by atomic mass is 10.0. The third-order valence-corrected chi connectivity index (χ3v) is 44.6. The number of hydrogen-bond acceptors (Lipinski definition) is 27. The molecular formula is C74H74Br10Cl11N9O18S9. The molecule has 0 aliphatic heterocycles. The minimum absolute atomic E-state index is 0.0130. The van der Waals surface area contributed by atoms with Crippen LogP contribution in [0.4, 0.5) is 0 Å². The van der Waals surface area contributed by atoms with E-state index in [0.717, 1.165) is 62.3 Å². The summed E-state index contributed by atoms with van der Waals surface area (Å²) in [5.41, 5.74) is 1.67. The molecule has 0 aromatic heterocycles. The van der Waals surface area contributed by atoms with Crippen molar-refractivity contribution < 1.29 is 75.8 Å². The van der Waals surface area contributed by atoms with Gasteiger partial charge in [-0.25, -0.2) is 75.8 Å². The maximum Gasteiger partial charge on any atom is 0.217 e. The van der Waals surface area contributed by atoms with E-state index in [1.807, 2.05) is 31.2 Å². The molecule has 0 spiro atoms. The summed E-state index contributed by atoms with van der Waals surface area (Å²) in [5, 5.41) is 76.8. The average molecular weight is 2860 g/mol. The SMILES string of the molecule is CC(C)S(=O)(=O)CC(Br)(Br)C#N.CS(=O)(=O)CC(Br)(Br)C#N.Cc1ccc(S(=O)(=O)CC(Cl)(Cl)C#N)cc1.N#CC(Br)(Br)CS(=O)(=O)C1CCCC1.N#CC(Br)(Br)CS(=O)(=O)Cc1ccccc1.N#CC(Br)(Br)CS(=O)(=O)c1ccccc1.N#CC(Cl)(Cl)CS(=O)(=O)C1CCCCC1.N#CC(Cl)(Cl)CS(=O)(=O)c1ccc(Cl)c(Cl)c1.N#CC(Cl)(Cl)CS(=O)(=O)c1cccc(Cl)c1. The Labute approximate surface area is 905 Å². The first kappa shape index (κ1) is 132. The number of nitriles is 9. The summed E-state index contributed by atoms with van der Waals surface area (Å²) in [7, 11) is -30.7. The number of benzene rings is 5. The van der Waals surface area contributed by atoms with E-state index in [9.17, 15) is 75.8 Å². The van der Waals surface area contributed by atoms with Gasteiger partial charge in [0.1, 0.15) is 41.5 Å². The molecule has 5 aromatic rings. The van der Waals surface area contributed by atoms with Gasteiger partial charge in [0.25, 0.3) is 0 Å². The Morgan fingerprint density at radius 1 is 0.336 bits per heavy atom. The van der Waals surface area contributed by atoms with E-state index in [4.69, 9.17) is 175 Å². The van der Waals surface area contributed by atoms with Crippen molar-refractivity contribution in [3.05, 3.63) is 154 Å². The zero-order valence-corrected chi connectivity index (χ0v) is 99.3. The molecule has 27 nitrogen and oxygen atoms in total. The Kier molecular flexibility index (Phi) is 57.8. The highest BCUT2D eigenvalue weighted by Crippen LogP contribution is 2.37. The van der Waals surface area contributed by atoms with E-state index in [1.165, 1.54) is 78.9 Å². The van der Waals surface area contributed by atoms with Crippen molar-refractivity contribution in [2.24, 2.45) is 0 Å². The number of rotatable bonds is 27. The molecule has 57 heteroatoms. The Morgan fingerprint density at radius 3 is 1.00 bits per heavy atom. The summed E-state index contributed by atoms with van der Waals surface area (Å²) < 4.78 is 196. The van der Waals surface area contributed by atoms with Crippen molar-refractivity contribution in [2.75, 3.05) is 58.0 Å². The second-order valence-electron chi connectivity index (χ2n) is 27.8. The zero-order chi connectivity index (χ0) is 103. The molecule has 2 aliphatic carbocycles. The summed E-state index contributed by atoms with van der Waals surface area (Å²) in [6.07, 6.45) is 8.77. The Bertz CT molecular complexity index is 6210. The van der Waals surface area contributed by atoms with Crippen molar-refractivity contribution >= 4 is 375 Å². The van der Waals surface area contributed by atoms with Gasteiger partial charge in [-0.2, -0.15) is 47.4 Å². The van der Waals surface area contributed by atoms with E-state index in [0.29, 0.717) is 12.8 Å². The summed E-state index contributed by atoms with van der Waals surface area (Å²) >= 11 is 90.9. The average Bonchev–Trinajstić information content (AvgIpc) is 1.54. The molecular weight excluding hydrogens is 2780 g/mol. The lowest BCUT2D eigenvalue weighted by molar-refractivity contribution is 0.483. The Hall–Kier alpha value is -0.950. The first-order chi connectivity index (χ1) is 59.2. The third-order valence-electron chi connectivity index (χ3n) is 15.7. The summed E-state index contributed by atoms with van der Waals surface area (Å²) in [4.78, 5) is 0.219. The monoisotopic (exact) mass is 2840 g/mol. The number of hydrogen-bond donors (Lipinski definition) is 0. The van der Waals surface area contributed by atoms with Gasteiger partial charge in [-0.15, -0.1) is 0 Å². The molecule has 0 unspecified atom stereocenters. The fraction of sp³-hybridized carbons (Fsp3) is 0.473. The maximum atomic E-state index is 11.8. The number of nitrogens with zero attached hydrogens (tertiary/aromatic N) is 9. The third kappa shape index (κ3) is 57.1. The van der Waals surface area contributed by atoms with Gasteiger partial charge in [0.15, 0.2) is 105 Å². The van der Waals surface area contributed by atoms with Gasteiger partial charge >= 0.3 is 0 Å². The van der Waals surface area contributed by atoms with Gasteiger partial charge in [0.05, 0.1) is 116 Å². The molecule has 5 aromatic carbocycles. The van der Waals surface area contributed by atoms with E-state index >= 15 is 0 Å². The molecule has 0 atom stereocenters. The molecule has 2 fully saturated rings. The minimum Gasteiger partial charge on any atom is -0.229 e. The van der Waals surface area contributed by atoms with E-state index in [2.05, 4.69) is 159 Å². The fourth-order valence-corrected chi connectivity index (χ4v) is 35.8. The van der Waals surface area contributed by atoms with Gasteiger partial charge in [-0.05, 0) is 113 Å². The molecule has 0 N–H and O–H groups in total. The molecule has 2 aliphatic rings. The number of aryl methyl sites for hydroxylation is 1. The van der Waals surface area contributed by atoms with Crippen LogP contribution in [0.15, 0.2) is 147 Å². The standard InChI is InChI=1S/C10H9Br2NO2S.C10H9Cl2NO2S.C9H7Br2NO2S.C9H5Cl4NO2S.C9H6Cl3NO2S.C9H13Cl2NO2S.C8H11Br2NO2S.C6H9Br2NO2S.C4H5Br2NO2S/c11-10(12,7-13)8-16(14,15)6-9-4-2-1-3-5-9;1-8-2-4-9(5-3-8)16(14,15)7-10(11,12)6-13;10-9(11,6-12)7-15(13,14)8-4-2-1-3-5-8;10-7-2-1-6(3-8(7)11)17(15,16)5-9(12,13)4-14;10-7-2-1-3-8(4-7)16(14,15)6-9(11,12)5-13;10-9(11,6-12)7-15(13,14)8-4-2-1-3-5-8;9-8(10,5-11)6-14(12,13)7-3-1-2-4-7;1-5(2)12(10,11)4-6(7,8)3-9;1-10(8,9)3-4(5,6)2-7/h1-5H,6,8H2;2-5H,7H2,1H3;1-5H,7H2;1-3H,5H2;1-4H,6H2;8H,1-5,7H2;7H,1-4,6H2;5H,4H2,1-2H3;3H2,1H3. The number of alkyl halides is 18. The van der Waals surface area contributed by atoms with Gasteiger partial charge in [0.2, 0.25) is 17.3 Å². The molecule has 0 radical (unpaired) electrons. The summed E-state index contributed by atoms with van der Waals surface area (Å²) in [6.45, 7) is 5.02. The van der Waals surface area contributed by atoms with Gasteiger partial charge in [-0.3, -0.25) is 0 Å². The van der Waals surface area contributed by atoms with Crippen molar-refractivity contribution in [1.82, 2.24) is 0 Å². The molecule has 0 amide bonds. The van der Waals surface area contributed by atoms with Crippen LogP contribution in [0.2, 0.25) is 15.1 Å². The van der Waals surface area contributed by atoms with Crippen LogP contribution in [0.3, 0.4) is 0 Å². The second kappa shape index (κ2) is 57.4.